The number of carbonyl (C=O) groups excluding carboxylic acids is 1. The van der Waals surface area contributed by atoms with E-state index in [1.807, 2.05) is 38.4 Å². The first kappa shape index (κ1) is 26.0. The fourth-order valence-electron chi connectivity index (χ4n) is 5.87. The quantitative estimate of drug-likeness (QED) is 0.335. The van der Waals surface area contributed by atoms with E-state index < -0.39 is 5.97 Å². The molecule has 2 bridgehead atoms. The van der Waals surface area contributed by atoms with Crippen LogP contribution < -0.4 is 9.80 Å². The number of aliphatic carboxylic acids is 1. The van der Waals surface area contributed by atoms with E-state index in [9.17, 15) is 9.59 Å². The maximum Gasteiger partial charge on any atom is 0.328 e. The second-order valence-corrected chi connectivity index (χ2v) is 11.0. The lowest BCUT2D eigenvalue weighted by Crippen LogP contribution is -2.38. The number of carboxylic acid groups (broad SMARTS) is 1. The van der Waals surface area contributed by atoms with Gasteiger partial charge < -0.3 is 14.9 Å². The van der Waals surface area contributed by atoms with Gasteiger partial charge in [-0.15, -0.1) is 0 Å². The summed E-state index contributed by atoms with van der Waals surface area (Å²) in [6.07, 6.45) is 10.2. The van der Waals surface area contributed by atoms with Gasteiger partial charge in [-0.1, -0.05) is 42.3 Å². The highest BCUT2D eigenvalue weighted by Gasteiger charge is 2.44. The lowest BCUT2D eigenvalue weighted by Gasteiger charge is -2.30. The highest BCUT2D eigenvalue weighted by molar-refractivity contribution is 6.31. The summed E-state index contributed by atoms with van der Waals surface area (Å²) in [7, 11) is 4.02. The molecule has 0 saturated heterocycles. The Balaban J connectivity index is 1.44. The van der Waals surface area contributed by atoms with Crippen molar-refractivity contribution in [1.82, 2.24) is 4.98 Å². The van der Waals surface area contributed by atoms with E-state index in [4.69, 9.17) is 16.7 Å². The van der Waals surface area contributed by atoms with Gasteiger partial charge in [0.2, 0.25) is 5.91 Å². The molecular formula is C31H32ClN3O3. The molecule has 0 spiro atoms. The molecule has 3 atom stereocenters. The number of hydrogen-bond donors (Lipinski definition) is 1. The molecule has 3 aromatic rings. The van der Waals surface area contributed by atoms with Gasteiger partial charge in [0.1, 0.15) is 0 Å². The molecule has 2 aromatic carbocycles. The van der Waals surface area contributed by atoms with Crippen molar-refractivity contribution in [1.29, 1.82) is 0 Å². The number of halogens is 1. The summed E-state index contributed by atoms with van der Waals surface area (Å²) in [5.41, 5.74) is 5.32. The summed E-state index contributed by atoms with van der Waals surface area (Å²) in [4.78, 5) is 33.1. The molecule has 2 fully saturated rings. The molecule has 2 saturated carbocycles. The lowest BCUT2D eigenvalue weighted by atomic mass is 9.87. The molecular weight excluding hydrogens is 498 g/mol. The zero-order chi connectivity index (χ0) is 26.8. The van der Waals surface area contributed by atoms with Crippen LogP contribution in [0.5, 0.6) is 0 Å². The Kier molecular flexibility index (Phi) is 7.52. The third-order valence-electron chi connectivity index (χ3n) is 7.89. The molecule has 1 N–H and O–H groups in total. The van der Waals surface area contributed by atoms with Crippen LogP contribution in [0.1, 0.15) is 36.8 Å². The lowest BCUT2D eigenvalue weighted by molar-refractivity contribution is -0.131. The summed E-state index contributed by atoms with van der Waals surface area (Å²) < 4.78 is 0. The van der Waals surface area contributed by atoms with Crippen LogP contribution in [0.2, 0.25) is 5.02 Å². The SMILES string of the molecule is CN(C)c1ccc(-c2ccc(CN(C(=O)[C@@H]3C[C@@H]4CC[C@H]3C4)c3cncc(C=CC(=O)O)c3)c(Cl)c2)cc1. The maximum absolute atomic E-state index is 13.9. The minimum Gasteiger partial charge on any atom is -0.478 e. The molecule has 1 aromatic heterocycles. The maximum atomic E-state index is 13.9. The molecule has 1 amide bonds. The Hall–Kier alpha value is -3.64. The number of pyridine rings is 1. The number of carbonyl (C=O) groups is 2. The van der Waals surface area contributed by atoms with Crippen LogP contribution in [0.15, 0.2) is 67.0 Å². The van der Waals surface area contributed by atoms with E-state index in [0.717, 1.165) is 47.7 Å². The highest BCUT2D eigenvalue weighted by atomic mass is 35.5. The van der Waals surface area contributed by atoms with E-state index >= 15 is 0 Å². The Labute approximate surface area is 228 Å². The molecule has 196 valence electrons. The number of nitrogens with zero attached hydrogens (tertiary/aromatic N) is 3. The third kappa shape index (κ3) is 5.60. The number of anilines is 2. The average Bonchev–Trinajstić information content (AvgIpc) is 3.55. The van der Waals surface area contributed by atoms with Crippen molar-refractivity contribution >= 4 is 40.9 Å². The minimum absolute atomic E-state index is 0.000211. The van der Waals surface area contributed by atoms with Crippen LogP contribution in [0.3, 0.4) is 0 Å². The Morgan fingerprint density at radius 3 is 2.39 bits per heavy atom. The van der Waals surface area contributed by atoms with E-state index in [1.165, 1.54) is 12.5 Å². The van der Waals surface area contributed by atoms with Crippen molar-refractivity contribution in [2.75, 3.05) is 23.9 Å². The van der Waals surface area contributed by atoms with E-state index in [1.54, 1.807) is 17.3 Å². The van der Waals surface area contributed by atoms with Crippen LogP contribution >= 0.6 is 11.6 Å². The highest BCUT2D eigenvalue weighted by Crippen LogP contribution is 2.49. The van der Waals surface area contributed by atoms with Crippen molar-refractivity contribution in [3.05, 3.63) is 83.2 Å². The number of benzene rings is 2. The fraction of sp³-hybridized carbons (Fsp3) is 0.323. The second-order valence-electron chi connectivity index (χ2n) is 10.6. The van der Waals surface area contributed by atoms with Gasteiger partial charge in [0, 0.05) is 43.0 Å². The normalized spacial score (nSPS) is 20.1. The van der Waals surface area contributed by atoms with Crippen LogP contribution in [0, 0.1) is 17.8 Å². The first-order valence-electron chi connectivity index (χ1n) is 13.0. The van der Waals surface area contributed by atoms with Gasteiger partial charge in [-0.25, -0.2) is 4.79 Å². The van der Waals surface area contributed by atoms with Crippen LogP contribution in [-0.4, -0.2) is 36.1 Å². The number of fused-ring (bicyclic) bond motifs is 2. The molecule has 38 heavy (non-hydrogen) atoms. The predicted molar refractivity (Wildman–Crippen MR) is 152 cm³/mol. The van der Waals surface area contributed by atoms with Gasteiger partial charge in [0.05, 0.1) is 18.4 Å². The van der Waals surface area contributed by atoms with Gasteiger partial charge in [0.25, 0.3) is 0 Å². The standard InChI is InChI=1S/C31H32ClN3O3/c1-34(2)26-10-8-22(9-11-26)23-6-7-25(29(32)16-23)19-35(31(38)28-15-20-3-5-24(28)13-20)27-14-21(17-33-18-27)4-12-30(36)37/h4,6-12,14,16-18,20,24,28H,3,5,13,15,19H2,1-2H3,(H,36,37)/t20-,24+,28-/m1/s1. The Morgan fingerprint density at radius 2 is 1.76 bits per heavy atom. The molecule has 0 aliphatic heterocycles. The minimum atomic E-state index is -1.03. The number of aromatic nitrogens is 1. The molecule has 7 heteroatoms. The second kappa shape index (κ2) is 11.0. The summed E-state index contributed by atoms with van der Waals surface area (Å²) in [5, 5.41) is 9.62. The number of carboxylic acids is 1. The average molecular weight is 530 g/mol. The summed E-state index contributed by atoms with van der Waals surface area (Å²) >= 11 is 6.80. The van der Waals surface area contributed by atoms with E-state index in [2.05, 4.69) is 34.1 Å². The molecule has 0 radical (unpaired) electrons. The number of rotatable bonds is 8. The van der Waals surface area contributed by atoms with Gasteiger partial charge in [-0.2, -0.15) is 0 Å². The van der Waals surface area contributed by atoms with Crippen molar-refractivity contribution < 1.29 is 14.7 Å². The smallest absolute Gasteiger partial charge is 0.328 e. The van der Waals surface area contributed by atoms with E-state index in [0.29, 0.717) is 34.7 Å². The topological polar surface area (TPSA) is 73.7 Å². The first-order valence-corrected chi connectivity index (χ1v) is 13.4. The predicted octanol–water partition coefficient (Wildman–Crippen LogP) is 6.54. The fourth-order valence-corrected chi connectivity index (χ4v) is 6.11. The van der Waals surface area contributed by atoms with Crippen LogP contribution in [0.4, 0.5) is 11.4 Å². The zero-order valence-electron chi connectivity index (χ0n) is 21.7. The largest absolute Gasteiger partial charge is 0.478 e. The van der Waals surface area contributed by atoms with Crippen molar-refractivity contribution in [3.8, 4) is 11.1 Å². The van der Waals surface area contributed by atoms with Crippen LogP contribution in [-0.2, 0) is 16.1 Å². The molecule has 6 nitrogen and oxygen atoms in total. The summed E-state index contributed by atoms with van der Waals surface area (Å²) in [6, 6.07) is 16.1. The van der Waals surface area contributed by atoms with Crippen molar-refractivity contribution in [3.63, 3.8) is 0 Å². The van der Waals surface area contributed by atoms with E-state index in [-0.39, 0.29) is 11.8 Å². The number of hydrogen-bond acceptors (Lipinski definition) is 4. The Morgan fingerprint density at radius 1 is 1.00 bits per heavy atom. The molecule has 1 heterocycles. The summed E-state index contributed by atoms with van der Waals surface area (Å²) in [6.45, 7) is 0.319. The van der Waals surface area contributed by atoms with Crippen LogP contribution in [0.25, 0.3) is 17.2 Å². The molecule has 2 aliphatic rings. The first-order chi connectivity index (χ1) is 18.3. The van der Waals surface area contributed by atoms with Gasteiger partial charge in [-0.3, -0.25) is 9.78 Å². The third-order valence-corrected chi connectivity index (χ3v) is 8.25. The molecule has 0 unspecified atom stereocenters. The zero-order valence-corrected chi connectivity index (χ0v) is 22.4. The summed E-state index contributed by atoms with van der Waals surface area (Å²) in [5.74, 6) is 0.133. The number of amides is 1. The molecule has 2 aliphatic carbocycles. The van der Waals surface area contributed by atoms with Gasteiger partial charge in [0.15, 0.2) is 0 Å². The van der Waals surface area contributed by atoms with Gasteiger partial charge in [-0.05, 0) is 83.7 Å². The van der Waals surface area contributed by atoms with Crippen molar-refractivity contribution in [2.24, 2.45) is 17.8 Å². The van der Waals surface area contributed by atoms with Crippen molar-refractivity contribution in [2.45, 2.75) is 32.2 Å². The Bertz CT molecular complexity index is 1370. The van der Waals surface area contributed by atoms with Gasteiger partial charge >= 0.3 is 5.97 Å². The molecule has 5 rings (SSSR count). The monoisotopic (exact) mass is 529 g/mol.